The number of rotatable bonds is 4. The number of hydrogen-bond acceptors (Lipinski definition) is 6. The molecule has 9 nitrogen and oxygen atoms in total. The minimum Gasteiger partial charge on any atom is -0.324 e. The molecule has 146 valence electrons. The Kier molecular flexibility index (Phi) is 5.14. The lowest BCUT2D eigenvalue weighted by Gasteiger charge is -2.21. The predicted octanol–water partition coefficient (Wildman–Crippen LogP) is 2.13. The highest BCUT2D eigenvalue weighted by Crippen LogP contribution is 2.33. The van der Waals surface area contributed by atoms with E-state index in [0.29, 0.717) is 0 Å². The molecule has 1 N–H and O–H groups in total. The van der Waals surface area contributed by atoms with E-state index in [9.17, 15) is 28.1 Å². The van der Waals surface area contributed by atoms with Gasteiger partial charge < -0.3 is 10.2 Å². The molecule has 3 rings (SSSR count). The van der Waals surface area contributed by atoms with Gasteiger partial charge in [0.2, 0.25) is 11.8 Å². The van der Waals surface area contributed by atoms with Crippen LogP contribution < -0.4 is 10.2 Å². The SMILES string of the molecule is CC1CC(=O)N(CC(=O)Nc2cccc([N+](=O)[O-])c2)c2ccccc2S1(=O)=O. The van der Waals surface area contributed by atoms with Crippen molar-refractivity contribution in [1.29, 1.82) is 0 Å². The zero-order valence-electron chi connectivity index (χ0n) is 14.9. The number of non-ortho nitro benzene ring substituents is 1. The summed E-state index contributed by atoms with van der Waals surface area (Å²) in [6.07, 6.45) is -0.249. The Hall–Kier alpha value is -3.27. The van der Waals surface area contributed by atoms with E-state index in [1.807, 2.05) is 0 Å². The van der Waals surface area contributed by atoms with Crippen molar-refractivity contribution in [3.63, 3.8) is 0 Å². The van der Waals surface area contributed by atoms with Gasteiger partial charge in [-0.05, 0) is 25.1 Å². The van der Waals surface area contributed by atoms with Crippen LogP contribution in [0.25, 0.3) is 0 Å². The van der Waals surface area contributed by atoms with Gasteiger partial charge in [0.25, 0.3) is 5.69 Å². The van der Waals surface area contributed by atoms with Crippen LogP contribution in [0.4, 0.5) is 17.1 Å². The Labute approximate surface area is 161 Å². The van der Waals surface area contributed by atoms with E-state index in [2.05, 4.69) is 5.32 Å². The molecule has 0 radical (unpaired) electrons. The van der Waals surface area contributed by atoms with E-state index < -0.39 is 38.4 Å². The second-order valence-corrected chi connectivity index (χ2v) is 8.70. The van der Waals surface area contributed by atoms with Crippen molar-refractivity contribution in [2.75, 3.05) is 16.8 Å². The highest BCUT2D eigenvalue weighted by molar-refractivity contribution is 7.92. The van der Waals surface area contributed by atoms with Crippen LogP contribution in [-0.2, 0) is 19.4 Å². The second kappa shape index (κ2) is 7.39. The first kappa shape index (κ1) is 19.5. The van der Waals surface area contributed by atoms with Crippen LogP contribution in [0.3, 0.4) is 0 Å². The topological polar surface area (TPSA) is 127 Å². The Morgan fingerprint density at radius 2 is 1.96 bits per heavy atom. The van der Waals surface area contributed by atoms with Gasteiger partial charge in [0.15, 0.2) is 9.84 Å². The van der Waals surface area contributed by atoms with Crippen LogP contribution in [0, 0.1) is 10.1 Å². The van der Waals surface area contributed by atoms with E-state index in [4.69, 9.17) is 0 Å². The third-order valence-electron chi connectivity index (χ3n) is 4.40. The van der Waals surface area contributed by atoms with Crippen LogP contribution in [0.2, 0.25) is 0 Å². The minimum atomic E-state index is -3.70. The molecule has 0 aromatic heterocycles. The summed E-state index contributed by atoms with van der Waals surface area (Å²) < 4.78 is 25.3. The van der Waals surface area contributed by atoms with Gasteiger partial charge in [-0.3, -0.25) is 19.7 Å². The molecule has 10 heteroatoms. The van der Waals surface area contributed by atoms with Gasteiger partial charge in [0.1, 0.15) is 6.54 Å². The van der Waals surface area contributed by atoms with Gasteiger partial charge in [-0.15, -0.1) is 0 Å². The molecule has 2 aromatic rings. The van der Waals surface area contributed by atoms with E-state index in [-0.39, 0.29) is 28.4 Å². The fraction of sp³-hybridized carbons (Fsp3) is 0.222. The number of carbonyl (C=O) groups is 2. The number of sulfone groups is 1. The fourth-order valence-corrected chi connectivity index (χ4v) is 4.49. The highest BCUT2D eigenvalue weighted by Gasteiger charge is 2.36. The smallest absolute Gasteiger partial charge is 0.271 e. The molecule has 1 heterocycles. The molecular weight excluding hydrogens is 386 g/mol. The van der Waals surface area contributed by atoms with Crippen molar-refractivity contribution >= 4 is 38.7 Å². The summed E-state index contributed by atoms with van der Waals surface area (Å²) in [5.74, 6) is -1.09. The summed E-state index contributed by atoms with van der Waals surface area (Å²) in [6, 6.07) is 11.4. The maximum absolute atomic E-state index is 12.6. The fourth-order valence-electron chi connectivity index (χ4n) is 2.95. The summed E-state index contributed by atoms with van der Waals surface area (Å²) in [4.78, 5) is 36.4. The standard InChI is InChI=1S/C18H17N3O6S/c1-12-9-18(23)20(15-7-2-3-8-16(15)28(12,26)27)11-17(22)19-13-5-4-6-14(10-13)21(24)25/h2-8,10,12H,9,11H2,1H3,(H,19,22). The number of amides is 2. The maximum atomic E-state index is 12.6. The Morgan fingerprint density at radius 3 is 2.68 bits per heavy atom. The number of nitrogens with zero attached hydrogens (tertiary/aromatic N) is 2. The minimum absolute atomic E-state index is 0.00324. The van der Waals surface area contributed by atoms with E-state index in [0.717, 1.165) is 4.90 Å². The van der Waals surface area contributed by atoms with Crippen molar-refractivity contribution in [1.82, 2.24) is 0 Å². The van der Waals surface area contributed by atoms with Gasteiger partial charge in [0, 0.05) is 24.2 Å². The number of anilines is 2. The van der Waals surface area contributed by atoms with E-state index >= 15 is 0 Å². The van der Waals surface area contributed by atoms with Gasteiger partial charge in [-0.25, -0.2) is 8.42 Å². The lowest BCUT2D eigenvalue weighted by molar-refractivity contribution is -0.384. The normalized spacial score (nSPS) is 18.1. The third kappa shape index (κ3) is 3.72. The van der Waals surface area contributed by atoms with Gasteiger partial charge >= 0.3 is 0 Å². The Balaban J connectivity index is 1.88. The van der Waals surface area contributed by atoms with Crippen LogP contribution in [0.1, 0.15) is 13.3 Å². The first-order valence-electron chi connectivity index (χ1n) is 8.38. The van der Waals surface area contributed by atoms with Crippen LogP contribution >= 0.6 is 0 Å². The summed E-state index contributed by atoms with van der Waals surface area (Å²) in [5.41, 5.74) is 0.163. The van der Waals surface area contributed by atoms with Gasteiger partial charge in [-0.1, -0.05) is 18.2 Å². The molecule has 1 aliphatic rings. The van der Waals surface area contributed by atoms with Crippen molar-refractivity contribution < 1.29 is 22.9 Å². The number of carbonyl (C=O) groups excluding carboxylic acids is 2. The number of nitro groups is 1. The molecule has 1 atom stereocenters. The average Bonchev–Trinajstić information content (AvgIpc) is 2.71. The Bertz CT molecular complexity index is 1070. The second-order valence-electron chi connectivity index (χ2n) is 6.36. The van der Waals surface area contributed by atoms with E-state index in [1.54, 1.807) is 12.1 Å². The molecule has 0 fully saturated rings. The number of hydrogen-bond donors (Lipinski definition) is 1. The molecule has 0 saturated heterocycles. The third-order valence-corrected chi connectivity index (χ3v) is 6.58. The number of benzene rings is 2. The summed E-state index contributed by atoms with van der Waals surface area (Å²) in [7, 11) is -3.70. The zero-order valence-corrected chi connectivity index (χ0v) is 15.7. The van der Waals surface area contributed by atoms with E-state index in [1.165, 1.54) is 43.3 Å². The van der Waals surface area contributed by atoms with Crippen molar-refractivity contribution in [2.45, 2.75) is 23.5 Å². The maximum Gasteiger partial charge on any atom is 0.271 e. The molecule has 0 aliphatic carbocycles. The van der Waals surface area contributed by atoms with Crippen molar-refractivity contribution in [2.24, 2.45) is 0 Å². The van der Waals surface area contributed by atoms with Crippen LogP contribution in [-0.4, -0.2) is 37.0 Å². The van der Waals surface area contributed by atoms with Gasteiger partial charge in [0.05, 0.1) is 20.8 Å². The van der Waals surface area contributed by atoms with Crippen LogP contribution in [0.5, 0.6) is 0 Å². The molecule has 0 spiro atoms. The Morgan fingerprint density at radius 1 is 1.25 bits per heavy atom. The lowest BCUT2D eigenvalue weighted by Crippen LogP contribution is -2.38. The lowest BCUT2D eigenvalue weighted by atomic mass is 10.2. The number of fused-ring (bicyclic) bond motifs is 1. The van der Waals surface area contributed by atoms with Crippen molar-refractivity contribution in [3.8, 4) is 0 Å². The first-order valence-corrected chi connectivity index (χ1v) is 9.92. The molecule has 2 amide bonds. The highest BCUT2D eigenvalue weighted by atomic mass is 32.2. The van der Waals surface area contributed by atoms with Crippen molar-refractivity contribution in [3.05, 3.63) is 58.6 Å². The monoisotopic (exact) mass is 403 g/mol. The number of nitro benzene ring substituents is 1. The number of para-hydroxylation sites is 1. The largest absolute Gasteiger partial charge is 0.324 e. The molecule has 0 saturated carbocycles. The van der Waals surface area contributed by atoms with Gasteiger partial charge in [-0.2, -0.15) is 0 Å². The molecular formula is C18H17N3O6S. The summed E-state index contributed by atoms with van der Waals surface area (Å²) in [5, 5.41) is 12.4. The predicted molar refractivity (Wildman–Crippen MR) is 102 cm³/mol. The molecule has 1 aliphatic heterocycles. The number of nitrogens with one attached hydrogen (secondary N) is 1. The quantitative estimate of drug-likeness (QED) is 0.615. The van der Waals surface area contributed by atoms with Crippen LogP contribution in [0.15, 0.2) is 53.4 Å². The summed E-state index contributed by atoms with van der Waals surface area (Å²) in [6.45, 7) is 1.04. The summed E-state index contributed by atoms with van der Waals surface area (Å²) >= 11 is 0. The molecule has 2 aromatic carbocycles. The molecule has 0 bridgehead atoms. The zero-order chi connectivity index (χ0) is 20.5. The first-order chi connectivity index (χ1) is 13.2. The average molecular weight is 403 g/mol. The molecule has 1 unspecified atom stereocenters. The molecule has 28 heavy (non-hydrogen) atoms.